The van der Waals surface area contributed by atoms with E-state index >= 15 is 8.78 Å². The van der Waals surface area contributed by atoms with E-state index in [0.717, 1.165) is 37.2 Å². The van der Waals surface area contributed by atoms with Gasteiger partial charge in [-0.05, 0) is 83.6 Å². The van der Waals surface area contributed by atoms with Crippen molar-refractivity contribution < 1.29 is 8.78 Å². The lowest BCUT2D eigenvalue weighted by Crippen LogP contribution is -2.15. The molecule has 0 bridgehead atoms. The predicted molar refractivity (Wildman–Crippen MR) is 116 cm³/mol. The number of hydrogen-bond donors (Lipinski definition) is 0. The molecule has 1 aliphatic carbocycles. The van der Waals surface area contributed by atoms with Crippen molar-refractivity contribution in [2.75, 3.05) is 27.2 Å². The fraction of sp³-hybridized carbons (Fsp3) is 0.417. The molecule has 2 aromatic heterocycles. The lowest BCUT2D eigenvalue weighted by atomic mass is 10.0. The largest absolute Gasteiger partial charge is 0.342 e. The number of rotatable bonds is 6. The number of aromatic nitrogens is 2. The highest BCUT2D eigenvalue weighted by atomic mass is 19.1. The fourth-order valence-electron chi connectivity index (χ4n) is 4.00. The quantitative estimate of drug-likeness (QED) is 0.548. The van der Waals surface area contributed by atoms with Gasteiger partial charge in [0.05, 0.1) is 16.4 Å². The summed E-state index contributed by atoms with van der Waals surface area (Å²) >= 11 is 0. The molecule has 0 amide bonds. The molecule has 0 atom stereocenters. The van der Waals surface area contributed by atoms with Crippen LogP contribution >= 0.6 is 0 Å². The summed E-state index contributed by atoms with van der Waals surface area (Å²) in [5.74, 6) is -1.09. The van der Waals surface area contributed by atoms with Gasteiger partial charge in [0.2, 0.25) is 0 Å². The van der Waals surface area contributed by atoms with Crippen molar-refractivity contribution in [3.8, 4) is 11.1 Å². The normalized spacial score (nSPS) is 14.8. The molecule has 0 saturated heterocycles. The Balaban J connectivity index is 1.91. The van der Waals surface area contributed by atoms with Crippen LogP contribution in [0.4, 0.5) is 8.78 Å². The maximum atomic E-state index is 15.9. The zero-order valence-electron chi connectivity index (χ0n) is 18.0. The molecule has 0 N–H and O–H groups in total. The Morgan fingerprint density at radius 1 is 1.13 bits per heavy atom. The first-order chi connectivity index (χ1) is 14.3. The number of halogens is 2. The van der Waals surface area contributed by atoms with Crippen molar-refractivity contribution in [1.29, 1.82) is 0 Å². The van der Waals surface area contributed by atoms with Crippen LogP contribution in [0.3, 0.4) is 0 Å². The minimum Gasteiger partial charge on any atom is -0.342 e. The molecule has 0 unspecified atom stereocenters. The Kier molecular flexibility index (Phi) is 5.69. The molecule has 6 heteroatoms. The number of aryl methyl sites for hydroxylation is 2. The summed E-state index contributed by atoms with van der Waals surface area (Å²) in [4.78, 5) is 11.1. The fourth-order valence-corrected chi connectivity index (χ4v) is 4.00. The van der Waals surface area contributed by atoms with E-state index in [1.54, 1.807) is 12.1 Å². The van der Waals surface area contributed by atoms with Crippen LogP contribution in [0.5, 0.6) is 0 Å². The van der Waals surface area contributed by atoms with Crippen LogP contribution in [0.25, 0.3) is 22.0 Å². The summed E-state index contributed by atoms with van der Waals surface area (Å²) in [5.41, 5.74) is 2.45. The number of benzene rings is 1. The highest BCUT2D eigenvalue weighted by Gasteiger charge is 2.27. The Labute approximate surface area is 175 Å². The maximum Gasteiger partial charge on any atom is 0.158 e. The minimum absolute atomic E-state index is 0.00950. The third kappa shape index (κ3) is 4.15. The maximum absolute atomic E-state index is 15.9. The summed E-state index contributed by atoms with van der Waals surface area (Å²) in [6.07, 6.45) is 4.82. The van der Waals surface area contributed by atoms with E-state index in [2.05, 4.69) is 14.9 Å². The van der Waals surface area contributed by atoms with Gasteiger partial charge in [-0.15, -0.1) is 0 Å². The minimum atomic E-state index is -0.566. The molecule has 1 aromatic carbocycles. The zero-order chi connectivity index (χ0) is 21.4. The van der Waals surface area contributed by atoms with Gasteiger partial charge in [0.25, 0.3) is 0 Å². The molecule has 0 aliphatic heterocycles. The van der Waals surface area contributed by atoms with Crippen molar-refractivity contribution in [3.63, 3.8) is 0 Å². The van der Waals surface area contributed by atoms with Crippen LogP contribution in [0.1, 0.15) is 36.7 Å². The molecule has 0 radical (unpaired) electrons. The van der Waals surface area contributed by atoms with Crippen molar-refractivity contribution in [3.05, 3.63) is 58.8 Å². The topological polar surface area (TPSA) is 33.4 Å². The standard InChI is InChI=1S/C24H28F2N4/c1-15-12-17(13-16(2)28-15)22-20(25)14-19-21(27-9-5-10-29(3)4)8-11-30(18-6-7-18)24(19)23(22)26/h8,11-14,18H,5-7,9-10H2,1-4H3. The second kappa shape index (κ2) is 8.26. The van der Waals surface area contributed by atoms with Crippen LogP contribution < -0.4 is 5.36 Å². The lowest BCUT2D eigenvalue weighted by molar-refractivity contribution is 0.403. The van der Waals surface area contributed by atoms with Crippen LogP contribution in [0.15, 0.2) is 35.5 Å². The molecule has 1 aliphatic rings. The first-order valence-corrected chi connectivity index (χ1v) is 10.5. The van der Waals surface area contributed by atoms with E-state index in [4.69, 9.17) is 0 Å². The van der Waals surface area contributed by atoms with Gasteiger partial charge in [-0.1, -0.05) is 0 Å². The first kappa shape index (κ1) is 20.7. The predicted octanol–water partition coefficient (Wildman–Crippen LogP) is 4.79. The van der Waals surface area contributed by atoms with E-state index < -0.39 is 11.6 Å². The summed E-state index contributed by atoms with van der Waals surface area (Å²) < 4.78 is 33.1. The smallest absolute Gasteiger partial charge is 0.158 e. The Bertz CT molecular complexity index is 1140. The van der Waals surface area contributed by atoms with Crippen molar-refractivity contribution in [2.24, 2.45) is 4.99 Å². The van der Waals surface area contributed by atoms with E-state index in [0.29, 0.717) is 28.4 Å². The van der Waals surface area contributed by atoms with Crippen LogP contribution in [0, 0.1) is 25.5 Å². The average molecular weight is 411 g/mol. The van der Waals surface area contributed by atoms with Gasteiger partial charge in [-0.2, -0.15) is 0 Å². The highest BCUT2D eigenvalue weighted by Crippen LogP contribution is 2.39. The summed E-state index contributed by atoms with van der Waals surface area (Å²) in [6.45, 7) is 5.21. The van der Waals surface area contributed by atoms with Gasteiger partial charge < -0.3 is 9.47 Å². The summed E-state index contributed by atoms with van der Waals surface area (Å²) in [7, 11) is 4.04. The molecule has 30 heavy (non-hydrogen) atoms. The molecular formula is C24H28F2N4. The number of nitrogens with zero attached hydrogens (tertiary/aromatic N) is 4. The Morgan fingerprint density at radius 2 is 1.83 bits per heavy atom. The monoisotopic (exact) mass is 410 g/mol. The van der Waals surface area contributed by atoms with Gasteiger partial charge in [0.1, 0.15) is 5.82 Å². The average Bonchev–Trinajstić information content (AvgIpc) is 3.49. The van der Waals surface area contributed by atoms with Crippen LogP contribution in [-0.4, -0.2) is 41.6 Å². The second-order valence-corrected chi connectivity index (χ2v) is 8.46. The number of fused-ring (bicyclic) bond motifs is 1. The molecule has 4 rings (SSSR count). The molecule has 158 valence electrons. The van der Waals surface area contributed by atoms with Crippen molar-refractivity contribution in [2.45, 2.75) is 39.2 Å². The Morgan fingerprint density at radius 3 is 2.47 bits per heavy atom. The van der Waals surface area contributed by atoms with Gasteiger partial charge in [0, 0.05) is 35.6 Å². The molecule has 1 fully saturated rings. The van der Waals surface area contributed by atoms with E-state index in [1.807, 2.05) is 44.8 Å². The van der Waals surface area contributed by atoms with Crippen molar-refractivity contribution >= 4 is 10.9 Å². The molecule has 1 saturated carbocycles. The third-order valence-electron chi connectivity index (χ3n) is 5.48. The molecule has 0 spiro atoms. The number of pyridine rings is 2. The van der Waals surface area contributed by atoms with E-state index in [1.165, 1.54) is 6.07 Å². The molecule has 3 aromatic rings. The molecular weight excluding hydrogens is 382 g/mol. The van der Waals surface area contributed by atoms with E-state index in [-0.39, 0.29) is 11.6 Å². The van der Waals surface area contributed by atoms with Crippen LogP contribution in [-0.2, 0) is 0 Å². The van der Waals surface area contributed by atoms with Gasteiger partial charge in [0.15, 0.2) is 5.82 Å². The summed E-state index contributed by atoms with van der Waals surface area (Å²) in [6, 6.07) is 7.07. The van der Waals surface area contributed by atoms with Gasteiger partial charge in [-0.25, -0.2) is 8.78 Å². The molecule has 4 nitrogen and oxygen atoms in total. The first-order valence-electron chi connectivity index (χ1n) is 10.5. The lowest BCUT2D eigenvalue weighted by Gasteiger charge is -2.15. The van der Waals surface area contributed by atoms with Gasteiger partial charge >= 0.3 is 0 Å². The van der Waals surface area contributed by atoms with Crippen LogP contribution in [0.2, 0.25) is 0 Å². The second-order valence-electron chi connectivity index (χ2n) is 8.46. The Hall–Kier alpha value is -2.60. The zero-order valence-corrected chi connectivity index (χ0v) is 18.0. The van der Waals surface area contributed by atoms with Crippen molar-refractivity contribution in [1.82, 2.24) is 14.5 Å². The molecule has 2 heterocycles. The summed E-state index contributed by atoms with van der Waals surface area (Å²) in [5, 5.41) is 1.18. The third-order valence-corrected chi connectivity index (χ3v) is 5.48. The van der Waals surface area contributed by atoms with E-state index in [9.17, 15) is 0 Å². The van der Waals surface area contributed by atoms with Gasteiger partial charge in [-0.3, -0.25) is 9.98 Å². The number of hydrogen-bond acceptors (Lipinski definition) is 3. The highest BCUT2D eigenvalue weighted by molar-refractivity contribution is 5.86. The SMILES string of the molecule is Cc1cc(-c2c(F)cc3c(=NCCCN(C)C)ccn(C4CC4)c3c2F)cc(C)n1.